The van der Waals surface area contributed by atoms with Crippen molar-refractivity contribution in [1.82, 2.24) is 24.3 Å². The van der Waals surface area contributed by atoms with E-state index < -0.39 is 10.2 Å². The van der Waals surface area contributed by atoms with Gasteiger partial charge in [-0.3, -0.25) is 9.78 Å². The molecule has 8 nitrogen and oxygen atoms in total. The molecule has 23 heavy (non-hydrogen) atoms. The maximum absolute atomic E-state index is 12.2. The average Bonchev–Trinajstić information content (AvgIpc) is 2.59. The summed E-state index contributed by atoms with van der Waals surface area (Å²) in [5, 5.41) is 2.60. The highest BCUT2D eigenvalue weighted by molar-refractivity contribution is 7.87. The number of amides is 1. The van der Waals surface area contributed by atoms with Crippen LogP contribution in [0.5, 0.6) is 0 Å². The van der Waals surface area contributed by atoms with Crippen molar-refractivity contribution in [3.63, 3.8) is 0 Å². The van der Waals surface area contributed by atoms with Crippen molar-refractivity contribution in [2.24, 2.45) is 0 Å². The molecule has 0 atom stereocenters. The molecule has 0 radical (unpaired) electrons. The predicted molar refractivity (Wildman–Crippen MR) is 85.9 cm³/mol. The van der Waals surface area contributed by atoms with E-state index in [0.717, 1.165) is 25.7 Å². The highest BCUT2D eigenvalue weighted by Crippen LogP contribution is 2.22. The minimum atomic E-state index is -3.52. The Morgan fingerprint density at radius 3 is 2.65 bits per heavy atom. The molecule has 1 fully saturated rings. The van der Waals surface area contributed by atoms with E-state index >= 15 is 0 Å². The number of nitrogens with one attached hydrogen (secondary N) is 2. The second-order valence-corrected chi connectivity index (χ2v) is 7.37. The zero-order valence-corrected chi connectivity index (χ0v) is 14.1. The van der Waals surface area contributed by atoms with Crippen LogP contribution in [0.25, 0.3) is 0 Å². The number of hydrogen-bond donors (Lipinski definition) is 2. The second kappa shape index (κ2) is 8.32. The molecule has 0 aliphatic heterocycles. The van der Waals surface area contributed by atoms with E-state index in [1.165, 1.54) is 29.3 Å². The fourth-order valence-corrected chi connectivity index (χ4v) is 3.77. The van der Waals surface area contributed by atoms with Crippen molar-refractivity contribution >= 4 is 16.1 Å². The lowest BCUT2D eigenvalue weighted by atomic mass is 9.96. The van der Waals surface area contributed by atoms with Gasteiger partial charge in [0.05, 0.1) is 6.20 Å². The largest absolute Gasteiger partial charge is 0.349 e. The zero-order chi connectivity index (χ0) is 16.7. The molecule has 0 saturated heterocycles. The topological polar surface area (TPSA) is 104 Å². The van der Waals surface area contributed by atoms with Crippen LogP contribution in [0.3, 0.4) is 0 Å². The summed E-state index contributed by atoms with van der Waals surface area (Å²) in [7, 11) is -1.91. The molecule has 1 heterocycles. The van der Waals surface area contributed by atoms with Gasteiger partial charge >= 0.3 is 0 Å². The number of nitrogens with zero attached hydrogens (tertiary/aromatic N) is 3. The molecule has 0 unspecified atom stereocenters. The first-order chi connectivity index (χ1) is 11.0. The molecule has 0 bridgehead atoms. The number of hydrogen-bond acceptors (Lipinski definition) is 5. The molecule has 1 aliphatic rings. The monoisotopic (exact) mass is 341 g/mol. The molecule has 0 aromatic carbocycles. The third kappa shape index (κ3) is 5.22. The molecule has 1 aromatic heterocycles. The third-order valence-electron chi connectivity index (χ3n) is 3.96. The van der Waals surface area contributed by atoms with E-state index in [-0.39, 0.29) is 30.7 Å². The van der Waals surface area contributed by atoms with Crippen LogP contribution < -0.4 is 10.0 Å². The number of carbonyl (C=O) groups excluding carboxylic acids is 1. The molecule has 1 aromatic rings. The molecule has 1 aliphatic carbocycles. The van der Waals surface area contributed by atoms with Gasteiger partial charge in [0.1, 0.15) is 5.69 Å². The van der Waals surface area contributed by atoms with E-state index in [1.807, 2.05) is 0 Å². The summed E-state index contributed by atoms with van der Waals surface area (Å²) in [6, 6.07) is 0.0652. The molecule has 2 rings (SSSR count). The van der Waals surface area contributed by atoms with Crippen molar-refractivity contribution in [1.29, 1.82) is 0 Å². The van der Waals surface area contributed by atoms with Crippen molar-refractivity contribution < 1.29 is 13.2 Å². The van der Waals surface area contributed by atoms with E-state index in [9.17, 15) is 13.2 Å². The maximum Gasteiger partial charge on any atom is 0.279 e. The van der Waals surface area contributed by atoms with Gasteiger partial charge in [-0.25, -0.2) is 9.71 Å². The Morgan fingerprint density at radius 2 is 2.00 bits per heavy atom. The fraction of sp³-hybridized carbons (Fsp3) is 0.643. The standard InChI is InChI=1S/C14H23N5O3S/c1-19(12-5-3-2-4-6-12)23(21,22)18-10-9-17-14(20)13-11-15-7-8-16-13/h7-8,11-12,18H,2-6,9-10H2,1H3,(H,17,20). The SMILES string of the molecule is CN(C1CCCCC1)S(=O)(=O)NCCNC(=O)c1cnccn1. The van der Waals surface area contributed by atoms with Crippen LogP contribution in [0.4, 0.5) is 0 Å². The molecule has 1 amide bonds. The normalized spacial score (nSPS) is 16.4. The smallest absolute Gasteiger partial charge is 0.279 e. The predicted octanol–water partition coefficient (Wildman–Crippen LogP) is 0.305. The number of carbonyl (C=O) groups is 1. The molecule has 1 saturated carbocycles. The lowest BCUT2D eigenvalue weighted by Crippen LogP contribution is -2.46. The summed E-state index contributed by atoms with van der Waals surface area (Å²) in [6.45, 7) is 0.318. The first kappa shape index (κ1) is 17.8. The fourth-order valence-electron chi connectivity index (χ4n) is 2.61. The molecule has 9 heteroatoms. The van der Waals surface area contributed by atoms with Crippen LogP contribution in [-0.2, 0) is 10.2 Å². The van der Waals surface area contributed by atoms with Crippen LogP contribution in [0.1, 0.15) is 42.6 Å². The summed E-state index contributed by atoms with van der Waals surface area (Å²) in [6.07, 6.45) is 9.38. The lowest BCUT2D eigenvalue weighted by molar-refractivity contribution is 0.0949. The van der Waals surface area contributed by atoms with Crippen molar-refractivity contribution in [2.45, 2.75) is 38.1 Å². The summed E-state index contributed by atoms with van der Waals surface area (Å²) < 4.78 is 28.4. The van der Waals surface area contributed by atoms with Gasteiger partial charge < -0.3 is 5.32 Å². The van der Waals surface area contributed by atoms with Crippen molar-refractivity contribution in [3.05, 3.63) is 24.3 Å². The van der Waals surface area contributed by atoms with Crippen LogP contribution in [-0.4, -0.2) is 54.8 Å². The highest BCUT2D eigenvalue weighted by Gasteiger charge is 2.26. The minimum absolute atomic E-state index is 0.0652. The van der Waals surface area contributed by atoms with E-state index in [0.29, 0.717) is 0 Å². The maximum atomic E-state index is 12.2. The van der Waals surface area contributed by atoms with Crippen molar-refractivity contribution in [3.8, 4) is 0 Å². The van der Waals surface area contributed by atoms with Crippen LogP contribution in [0.2, 0.25) is 0 Å². The highest BCUT2D eigenvalue weighted by atomic mass is 32.2. The Labute approximate surface area is 136 Å². The third-order valence-corrected chi connectivity index (χ3v) is 5.58. The van der Waals surface area contributed by atoms with Gasteiger partial charge in [-0.05, 0) is 12.8 Å². The van der Waals surface area contributed by atoms with Gasteiger partial charge in [0.2, 0.25) is 0 Å². The Hall–Kier alpha value is -1.58. The summed E-state index contributed by atoms with van der Waals surface area (Å²) in [5.74, 6) is -0.377. The summed E-state index contributed by atoms with van der Waals surface area (Å²) in [5.41, 5.74) is 0.203. The van der Waals surface area contributed by atoms with Gasteiger partial charge in [0, 0.05) is 38.6 Å². The van der Waals surface area contributed by atoms with Gasteiger partial charge in [0.15, 0.2) is 0 Å². The summed E-state index contributed by atoms with van der Waals surface area (Å²) >= 11 is 0. The van der Waals surface area contributed by atoms with E-state index in [4.69, 9.17) is 0 Å². The Balaban J connectivity index is 1.75. The van der Waals surface area contributed by atoms with Crippen molar-refractivity contribution in [2.75, 3.05) is 20.1 Å². The minimum Gasteiger partial charge on any atom is -0.349 e. The first-order valence-electron chi connectivity index (χ1n) is 7.77. The van der Waals surface area contributed by atoms with E-state index in [2.05, 4.69) is 20.0 Å². The van der Waals surface area contributed by atoms with Crippen LogP contribution >= 0.6 is 0 Å². The molecule has 0 spiro atoms. The Bertz CT molecular complexity index is 602. The van der Waals surface area contributed by atoms with E-state index in [1.54, 1.807) is 7.05 Å². The second-order valence-electron chi connectivity index (χ2n) is 5.55. The van der Waals surface area contributed by atoms with Gasteiger partial charge in [-0.15, -0.1) is 0 Å². The van der Waals surface area contributed by atoms with Gasteiger partial charge in [-0.2, -0.15) is 12.7 Å². The molecule has 2 N–H and O–H groups in total. The van der Waals surface area contributed by atoms with Crippen LogP contribution in [0, 0.1) is 0 Å². The first-order valence-corrected chi connectivity index (χ1v) is 9.21. The molecular weight excluding hydrogens is 318 g/mol. The lowest BCUT2D eigenvalue weighted by Gasteiger charge is -2.30. The molecule has 128 valence electrons. The van der Waals surface area contributed by atoms with Crippen LogP contribution in [0.15, 0.2) is 18.6 Å². The molecular formula is C14H23N5O3S. The zero-order valence-electron chi connectivity index (χ0n) is 13.2. The summed E-state index contributed by atoms with van der Waals surface area (Å²) in [4.78, 5) is 19.4. The quantitative estimate of drug-likeness (QED) is 0.694. The van der Waals surface area contributed by atoms with Gasteiger partial charge in [0.25, 0.3) is 16.1 Å². The number of rotatable bonds is 7. The van der Waals surface area contributed by atoms with Gasteiger partial charge in [-0.1, -0.05) is 19.3 Å². The Morgan fingerprint density at radius 1 is 1.26 bits per heavy atom. The Kier molecular flexibility index (Phi) is 6.43. The number of aromatic nitrogens is 2. The average molecular weight is 341 g/mol.